The lowest BCUT2D eigenvalue weighted by molar-refractivity contribution is -0.117. The number of anilines is 1. The lowest BCUT2D eigenvalue weighted by Gasteiger charge is -2.32. The predicted molar refractivity (Wildman–Crippen MR) is 89.5 cm³/mol. The molecule has 1 amide bonds. The number of piperidine rings is 1. The fraction of sp³-hybridized carbons (Fsp3) is 0.562. The number of carbonyl (C=O) groups excluding carboxylic acids is 1. The van der Waals surface area contributed by atoms with Crippen LogP contribution in [0.3, 0.4) is 0 Å². The van der Waals surface area contributed by atoms with Crippen molar-refractivity contribution in [1.82, 2.24) is 4.90 Å². The van der Waals surface area contributed by atoms with E-state index < -0.39 is 0 Å². The number of nitrogens with two attached hydrogens (primary N) is 1. The van der Waals surface area contributed by atoms with Gasteiger partial charge in [0.25, 0.3) is 0 Å². The summed E-state index contributed by atoms with van der Waals surface area (Å²) in [5, 5.41) is 3.45. The Morgan fingerprint density at radius 2 is 2.36 bits per heavy atom. The van der Waals surface area contributed by atoms with E-state index in [2.05, 4.69) is 10.2 Å². The molecule has 0 saturated carbocycles. The van der Waals surface area contributed by atoms with Crippen LogP contribution in [0.1, 0.15) is 19.3 Å². The Hall–Kier alpha value is -1.30. The third-order valence-electron chi connectivity index (χ3n) is 3.98. The molecular weight excluding hydrogens is 302 g/mol. The average molecular weight is 326 g/mol. The van der Waals surface area contributed by atoms with Gasteiger partial charge >= 0.3 is 0 Å². The van der Waals surface area contributed by atoms with E-state index in [1.165, 1.54) is 6.42 Å². The number of ether oxygens (including phenoxy) is 1. The summed E-state index contributed by atoms with van der Waals surface area (Å²) in [6, 6.07) is 5.18. The summed E-state index contributed by atoms with van der Waals surface area (Å²) in [6.45, 7) is 3.00. The second kappa shape index (κ2) is 8.36. The molecule has 0 bridgehead atoms. The normalized spacial score (nSPS) is 19.0. The van der Waals surface area contributed by atoms with Gasteiger partial charge < -0.3 is 15.8 Å². The van der Waals surface area contributed by atoms with Gasteiger partial charge in [0.1, 0.15) is 5.75 Å². The van der Waals surface area contributed by atoms with E-state index in [9.17, 15) is 4.79 Å². The number of amides is 1. The van der Waals surface area contributed by atoms with Crippen molar-refractivity contribution in [3.05, 3.63) is 23.2 Å². The van der Waals surface area contributed by atoms with Crippen molar-refractivity contribution in [1.29, 1.82) is 0 Å². The van der Waals surface area contributed by atoms with Gasteiger partial charge in [-0.3, -0.25) is 9.69 Å². The fourth-order valence-corrected chi connectivity index (χ4v) is 3.11. The van der Waals surface area contributed by atoms with Crippen molar-refractivity contribution >= 4 is 23.2 Å². The maximum Gasteiger partial charge on any atom is 0.238 e. The van der Waals surface area contributed by atoms with Crippen molar-refractivity contribution in [3.63, 3.8) is 0 Å². The Morgan fingerprint density at radius 3 is 3.09 bits per heavy atom. The highest BCUT2D eigenvalue weighted by Gasteiger charge is 2.21. The van der Waals surface area contributed by atoms with Gasteiger partial charge in [-0.05, 0) is 56.5 Å². The summed E-state index contributed by atoms with van der Waals surface area (Å²) in [7, 11) is 1.57. The van der Waals surface area contributed by atoms with Gasteiger partial charge in [0.15, 0.2) is 0 Å². The van der Waals surface area contributed by atoms with Crippen LogP contribution in [0.25, 0.3) is 0 Å². The van der Waals surface area contributed by atoms with Gasteiger partial charge in [-0.25, -0.2) is 0 Å². The summed E-state index contributed by atoms with van der Waals surface area (Å²) in [5.74, 6) is 1.17. The minimum atomic E-state index is -0.0473. The van der Waals surface area contributed by atoms with E-state index in [4.69, 9.17) is 22.1 Å². The van der Waals surface area contributed by atoms with E-state index in [0.717, 1.165) is 25.9 Å². The number of benzene rings is 1. The van der Waals surface area contributed by atoms with Crippen molar-refractivity contribution in [2.24, 2.45) is 11.7 Å². The van der Waals surface area contributed by atoms with Crippen LogP contribution in [0.15, 0.2) is 18.2 Å². The van der Waals surface area contributed by atoms with Crippen LogP contribution in [0.2, 0.25) is 5.02 Å². The molecule has 6 heteroatoms. The molecule has 2 rings (SSSR count). The van der Waals surface area contributed by atoms with E-state index in [-0.39, 0.29) is 5.91 Å². The Labute approximate surface area is 136 Å². The molecule has 1 unspecified atom stereocenters. The van der Waals surface area contributed by atoms with Crippen LogP contribution in [0, 0.1) is 5.92 Å². The first kappa shape index (κ1) is 17.1. The van der Waals surface area contributed by atoms with E-state index in [1.54, 1.807) is 25.3 Å². The SMILES string of the molecule is COc1ccc(Cl)cc1NC(=O)CN1CCCC(CCN)C1. The second-order valence-electron chi connectivity index (χ2n) is 5.71. The number of likely N-dealkylation sites (tertiary alicyclic amines) is 1. The molecule has 122 valence electrons. The van der Waals surface area contributed by atoms with Crippen molar-refractivity contribution in [3.8, 4) is 5.75 Å². The Balaban J connectivity index is 1.91. The van der Waals surface area contributed by atoms with Crippen LogP contribution < -0.4 is 15.8 Å². The van der Waals surface area contributed by atoms with Crippen LogP contribution in [-0.2, 0) is 4.79 Å². The van der Waals surface area contributed by atoms with Crippen LogP contribution in [0.5, 0.6) is 5.75 Å². The predicted octanol–water partition coefficient (Wildman–Crippen LogP) is 2.35. The summed E-state index contributed by atoms with van der Waals surface area (Å²) in [4.78, 5) is 14.4. The number of hydrogen-bond acceptors (Lipinski definition) is 4. The Morgan fingerprint density at radius 1 is 1.55 bits per heavy atom. The van der Waals surface area contributed by atoms with Crippen molar-refractivity contribution in [2.45, 2.75) is 19.3 Å². The second-order valence-corrected chi connectivity index (χ2v) is 6.15. The minimum Gasteiger partial charge on any atom is -0.495 e. The first-order valence-corrected chi connectivity index (χ1v) is 8.06. The molecule has 1 aliphatic heterocycles. The Kier molecular flexibility index (Phi) is 6.49. The quantitative estimate of drug-likeness (QED) is 0.842. The van der Waals surface area contributed by atoms with Gasteiger partial charge in [0, 0.05) is 11.6 Å². The number of nitrogens with one attached hydrogen (secondary N) is 1. The van der Waals surface area contributed by atoms with Crippen molar-refractivity contribution < 1.29 is 9.53 Å². The number of carbonyl (C=O) groups is 1. The maximum atomic E-state index is 12.2. The smallest absolute Gasteiger partial charge is 0.238 e. The molecule has 0 radical (unpaired) electrons. The lowest BCUT2D eigenvalue weighted by atomic mass is 9.95. The monoisotopic (exact) mass is 325 g/mol. The molecule has 1 aromatic carbocycles. The number of nitrogens with zero attached hydrogens (tertiary/aromatic N) is 1. The highest BCUT2D eigenvalue weighted by molar-refractivity contribution is 6.31. The summed E-state index contributed by atoms with van der Waals surface area (Å²) >= 11 is 5.97. The molecule has 0 spiro atoms. The highest BCUT2D eigenvalue weighted by atomic mass is 35.5. The number of methoxy groups -OCH3 is 1. The van der Waals surface area contributed by atoms with E-state index in [1.807, 2.05) is 0 Å². The zero-order valence-electron chi connectivity index (χ0n) is 13.0. The van der Waals surface area contributed by atoms with Crippen LogP contribution in [0.4, 0.5) is 5.69 Å². The van der Waals surface area contributed by atoms with Crippen LogP contribution >= 0.6 is 11.6 Å². The third-order valence-corrected chi connectivity index (χ3v) is 4.22. The van der Waals surface area contributed by atoms with Crippen molar-refractivity contribution in [2.75, 3.05) is 38.6 Å². The zero-order valence-corrected chi connectivity index (χ0v) is 13.7. The molecular formula is C16H24ClN3O2. The highest BCUT2D eigenvalue weighted by Crippen LogP contribution is 2.27. The summed E-state index contributed by atoms with van der Waals surface area (Å²) in [5.41, 5.74) is 6.24. The first-order chi connectivity index (χ1) is 10.6. The van der Waals surface area contributed by atoms with E-state index >= 15 is 0 Å². The molecule has 1 atom stereocenters. The molecule has 22 heavy (non-hydrogen) atoms. The standard InChI is InChI=1S/C16H24ClN3O2/c1-22-15-5-4-13(17)9-14(15)19-16(21)11-20-8-2-3-12(10-20)6-7-18/h4-5,9,12H,2-3,6-8,10-11,18H2,1H3,(H,19,21). The average Bonchev–Trinajstić information content (AvgIpc) is 2.48. The molecule has 0 aliphatic carbocycles. The first-order valence-electron chi connectivity index (χ1n) is 7.68. The lowest BCUT2D eigenvalue weighted by Crippen LogP contribution is -2.41. The van der Waals surface area contributed by atoms with Gasteiger partial charge in [-0.2, -0.15) is 0 Å². The molecule has 1 fully saturated rings. The molecule has 3 N–H and O–H groups in total. The minimum absolute atomic E-state index is 0.0473. The number of halogens is 1. The molecule has 1 heterocycles. The topological polar surface area (TPSA) is 67.6 Å². The molecule has 1 aliphatic rings. The maximum absolute atomic E-state index is 12.2. The molecule has 1 saturated heterocycles. The largest absolute Gasteiger partial charge is 0.495 e. The van der Waals surface area contributed by atoms with Gasteiger partial charge in [-0.1, -0.05) is 11.6 Å². The zero-order chi connectivity index (χ0) is 15.9. The third kappa shape index (κ3) is 4.87. The van der Waals surface area contributed by atoms with Gasteiger partial charge in [-0.15, -0.1) is 0 Å². The molecule has 5 nitrogen and oxygen atoms in total. The Bertz CT molecular complexity index is 508. The fourth-order valence-electron chi connectivity index (χ4n) is 2.94. The summed E-state index contributed by atoms with van der Waals surface area (Å²) in [6.07, 6.45) is 3.36. The van der Waals surface area contributed by atoms with Gasteiger partial charge in [0.05, 0.1) is 19.3 Å². The van der Waals surface area contributed by atoms with Crippen LogP contribution in [-0.4, -0.2) is 44.1 Å². The number of rotatable bonds is 6. The molecule has 1 aromatic rings. The number of hydrogen-bond donors (Lipinski definition) is 2. The summed E-state index contributed by atoms with van der Waals surface area (Å²) < 4.78 is 5.24. The van der Waals surface area contributed by atoms with Gasteiger partial charge in [0.2, 0.25) is 5.91 Å². The van der Waals surface area contributed by atoms with E-state index in [0.29, 0.717) is 35.5 Å². The molecule has 0 aromatic heterocycles.